The molecule has 3 heterocycles. The number of nitrogens with zero attached hydrogens (tertiary/aromatic N) is 2. The second kappa shape index (κ2) is 11.8. The lowest BCUT2D eigenvalue weighted by atomic mass is 9.82. The van der Waals surface area contributed by atoms with Gasteiger partial charge in [-0.15, -0.1) is 0 Å². The molecule has 0 spiro atoms. The van der Waals surface area contributed by atoms with Crippen molar-refractivity contribution in [2.24, 2.45) is 0 Å². The van der Waals surface area contributed by atoms with Crippen LogP contribution in [0.1, 0.15) is 25.0 Å². The Morgan fingerprint density at radius 2 is 1.12 bits per heavy atom. The van der Waals surface area contributed by atoms with E-state index < -0.39 is 0 Å². The number of aromatic nitrogens is 1. The maximum Gasteiger partial charge on any atom is 0.227 e. The van der Waals surface area contributed by atoms with Crippen LogP contribution in [0.5, 0.6) is 0 Å². The highest BCUT2D eigenvalue weighted by molar-refractivity contribution is 6.10. The van der Waals surface area contributed by atoms with Crippen molar-refractivity contribution in [1.29, 1.82) is 0 Å². The first-order valence-electron chi connectivity index (χ1n) is 19.4. The number of hydrogen-bond donors (Lipinski definition) is 0. The van der Waals surface area contributed by atoms with Crippen molar-refractivity contribution in [3.8, 4) is 33.7 Å². The van der Waals surface area contributed by atoms with E-state index in [1.165, 1.54) is 22.3 Å². The van der Waals surface area contributed by atoms with Gasteiger partial charge in [0.1, 0.15) is 27.8 Å². The van der Waals surface area contributed by atoms with E-state index in [2.05, 4.69) is 140 Å². The van der Waals surface area contributed by atoms with E-state index in [-0.39, 0.29) is 5.41 Å². The summed E-state index contributed by atoms with van der Waals surface area (Å²) in [6, 6.07) is 59.7. The zero-order valence-electron chi connectivity index (χ0n) is 31.3. The third-order valence-electron chi connectivity index (χ3n) is 11.9. The Balaban J connectivity index is 0.984. The zero-order chi connectivity index (χ0) is 37.8. The summed E-state index contributed by atoms with van der Waals surface area (Å²) in [5.41, 5.74) is 16.3. The fraction of sp³-hybridized carbons (Fsp3) is 0.0577. The van der Waals surface area contributed by atoms with Crippen molar-refractivity contribution in [2.45, 2.75) is 19.3 Å². The molecule has 12 rings (SSSR count). The molecular formula is C52H34N2O3. The lowest BCUT2D eigenvalue weighted by Gasteiger charge is -2.29. The minimum Gasteiger partial charge on any atom is -0.456 e. The van der Waals surface area contributed by atoms with Gasteiger partial charge in [0.15, 0.2) is 5.58 Å². The van der Waals surface area contributed by atoms with Gasteiger partial charge < -0.3 is 18.2 Å². The molecule has 0 aliphatic heterocycles. The summed E-state index contributed by atoms with van der Waals surface area (Å²) in [4.78, 5) is 7.14. The van der Waals surface area contributed by atoms with Crippen LogP contribution in [0.2, 0.25) is 0 Å². The number of fused-ring (bicyclic) bond motifs is 10. The van der Waals surface area contributed by atoms with Gasteiger partial charge in [0.05, 0.1) is 5.69 Å². The van der Waals surface area contributed by atoms with Gasteiger partial charge in [-0.3, -0.25) is 0 Å². The molecule has 0 amide bonds. The summed E-state index contributed by atoms with van der Waals surface area (Å²) in [5, 5.41) is 4.26. The second-order valence-electron chi connectivity index (χ2n) is 15.5. The Morgan fingerprint density at radius 3 is 2.00 bits per heavy atom. The highest BCUT2D eigenvalue weighted by Gasteiger charge is 2.37. The first-order valence-corrected chi connectivity index (χ1v) is 19.4. The predicted molar refractivity (Wildman–Crippen MR) is 232 cm³/mol. The van der Waals surface area contributed by atoms with Gasteiger partial charge in [0.2, 0.25) is 5.89 Å². The highest BCUT2D eigenvalue weighted by Crippen LogP contribution is 2.54. The van der Waals surface area contributed by atoms with E-state index in [1.807, 2.05) is 48.5 Å². The molecule has 8 aromatic carbocycles. The molecule has 11 aromatic rings. The van der Waals surface area contributed by atoms with E-state index >= 15 is 0 Å². The third-order valence-corrected chi connectivity index (χ3v) is 11.9. The van der Waals surface area contributed by atoms with Crippen LogP contribution in [0.25, 0.3) is 88.7 Å². The van der Waals surface area contributed by atoms with E-state index in [1.54, 1.807) is 0 Å². The summed E-state index contributed by atoms with van der Waals surface area (Å²) in [5.74, 6) is 0.600. The number of oxazole rings is 1. The molecule has 0 N–H and O–H groups in total. The Morgan fingerprint density at radius 1 is 0.439 bits per heavy atom. The Kier molecular flexibility index (Phi) is 6.62. The van der Waals surface area contributed by atoms with Crippen LogP contribution in [0.3, 0.4) is 0 Å². The van der Waals surface area contributed by atoms with Gasteiger partial charge in [-0.2, -0.15) is 0 Å². The summed E-state index contributed by atoms with van der Waals surface area (Å²) < 4.78 is 19.0. The molecule has 0 atom stereocenters. The number of furan rings is 2. The molecular weight excluding hydrogens is 701 g/mol. The SMILES string of the molecule is CC1(C)c2ccccc2-c2c(N(c3ccc(-c4ccc5oc6cc7nc(-c8ccccc8)oc7cc6c5c4)cc3)c3ccc4c(c3)oc3ccccc34)cccc21. The smallest absolute Gasteiger partial charge is 0.227 e. The number of hydrogen-bond acceptors (Lipinski definition) is 5. The first-order chi connectivity index (χ1) is 28.0. The summed E-state index contributed by atoms with van der Waals surface area (Å²) >= 11 is 0. The van der Waals surface area contributed by atoms with Crippen LogP contribution in [-0.2, 0) is 5.41 Å². The fourth-order valence-electron chi connectivity index (χ4n) is 9.09. The predicted octanol–water partition coefficient (Wildman–Crippen LogP) is 14.7. The highest BCUT2D eigenvalue weighted by atomic mass is 16.4. The van der Waals surface area contributed by atoms with Crippen LogP contribution in [0.4, 0.5) is 17.1 Å². The number of para-hydroxylation sites is 1. The molecule has 270 valence electrons. The topological polar surface area (TPSA) is 55.6 Å². The number of rotatable bonds is 5. The van der Waals surface area contributed by atoms with Crippen molar-refractivity contribution in [1.82, 2.24) is 4.98 Å². The van der Waals surface area contributed by atoms with E-state index in [0.29, 0.717) is 5.89 Å². The van der Waals surface area contributed by atoms with Crippen molar-refractivity contribution >= 4 is 72.0 Å². The lowest BCUT2D eigenvalue weighted by Crippen LogP contribution is -2.16. The fourth-order valence-corrected chi connectivity index (χ4v) is 9.09. The number of benzene rings is 8. The quantitative estimate of drug-likeness (QED) is 0.176. The maximum absolute atomic E-state index is 6.43. The first kappa shape index (κ1) is 31.9. The molecule has 0 saturated carbocycles. The van der Waals surface area contributed by atoms with Crippen molar-refractivity contribution in [2.75, 3.05) is 4.90 Å². The molecule has 1 aliphatic carbocycles. The minimum absolute atomic E-state index is 0.126. The average molecular weight is 735 g/mol. The van der Waals surface area contributed by atoms with Crippen LogP contribution >= 0.6 is 0 Å². The summed E-state index contributed by atoms with van der Waals surface area (Å²) in [7, 11) is 0. The Labute approximate surface area is 328 Å². The minimum atomic E-state index is -0.126. The monoisotopic (exact) mass is 734 g/mol. The van der Waals surface area contributed by atoms with E-state index in [9.17, 15) is 0 Å². The lowest BCUT2D eigenvalue weighted by molar-refractivity contribution is 0.620. The summed E-state index contributed by atoms with van der Waals surface area (Å²) in [6.45, 7) is 4.66. The summed E-state index contributed by atoms with van der Waals surface area (Å²) in [6.07, 6.45) is 0. The van der Waals surface area contributed by atoms with Gasteiger partial charge in [0, 0.05) is 61.6 Å². The third kappa shape index (κ3) is 4.79. The maximum atomic E-state index is 6.43. The van der Waals surface area contributed by atoms with Crippen LogP contribution < -0.4 is 4.90 Å². The molecule has 5 heteroatoms. The molecule has 57 heavy (non-hydrogen) atoms. The van der Waals surface area contributed by atoms with Gasteiger partial charge in [-0.05, 0) is 94.5 Å². The normalized spacial score (nSPS) is 13.2. The largest absolute Gasteiger partial charge is 0.456 e. The van der Waals surface area contributed by atoms with Crippen molar-refractivity contribution in [3.05, 3.63) is 181 Å². The van der Waals surface area contributed by atoms with Gasteiger partial charge >= 0.3 is 0 Å². The number of anilines is 3. The average Bonchev–Trinajstić information content (AvgIpc) is 4.00. The molecule has 0 saturated heterocycles. The van der Waals surface area contributed by atoms with Crippen LogP contribution in [0, 0.1) is 0 Å². The van der Waals surface area contributed by atoms with Gasteiger partial charge in [-0.1, -0.05) is 105 Å². The zero-order valence-corrected chi connectivity index (χ0v) is 31.3. The molecule has 0 radical (unpaired) electrons. The van der Waals surface area contributed by atoms with Gasteiger partial charge in [0.25, 0.3) is 0 Å². The van der Waals surface area contributed by atoms with Crippen molar-refractivity contribution in [3.63, 3.8) is 0 Å². The molecule has 0 bridgehead atoms. The molecule has 0 unspecified atom stereocenters. The molecule has 5 nitrogen and oxygen atoms in total. The second-order valence-corrected chi connectivity index (χ2v) is 15.5. The van der Waals surface area contributed by atoms with E-state index in [0.717, 1.165) is 88.7 Å². The van der Waals surface area contributed by atoms with Crippen molar-refractivity contribution < 1.29 is 13.3 Å². The van der Waals surface area contributed by atoms with E-state index in [4.69, 9.17) is 18.2 Å². The standard InChI is InChI=1S/C52H34N2O3/c1-52(2)41-15-8-6-14-38(41)50-42(52)16-10-17-44(50)54(35-24-25-37-36-13-7-9-18-45(36)55-47(37)28-35)34-22-19-31(20-23-34)33-21-26-46-39(27-33)40-29-49-43(30-48(40)56-46)53-51(57-49)32-11-4-3-5-12-32/h3-30H,1-2H3. The molecule has 0 fully saturated rings. The van der Waals surface area contributed by atoms with Gasteiger partial charge in [-0.25, -0.2) is 4.98 Å². The van der Waals surface area contributed by atoms with Crippen LogP contribution in [-0.4, -0.2) is 4.98 Å². The Bertz CT molecular complexity index is 3380. The van der Waals surface area contributed by atoms with Crippen LogP contribution in [0.15, 0.2) is 183 Å². The Hall–Kier alpha value is -7.37. The molecule has 3 aromatic heterocycles. The molecule has 1 aliphatic rings.